The molecule has 0 aromatic heterocycles. The van der Waals surface area contributed by atoms with Gasteiger partial charge in [0, 0.05) is 23.0 Å². The van der Waals surface area contributed by atoms with E-state index < -0.39 is 28.5 Å². The van der Waals surface area contributed by atoms with Gasteiger partial charge in [-0.25, -0.2) is 8.42 Å². The lowest BCUT2D eigenvalue weighted by Gasteiger charge is -2.33. The van der Waals surface area contributed by atoms with Gasteiger partial charge in [0.25, 0.3) is 0 Å². The highest BCUT2D eigenvalue weighted by Crippen LogP contribution is 2.29. The molecule has 9 heteroatoms. The van der Waals surface area contributed by atoms with Gasteiger partial charge in [0.2, 0.25) is 21.8 Å². The average Bonchev–Trinajstić information content (AvgIpc) is 2.87. The first-order valence-electron chi connectivity index (χ1n) is 12.4. The van der Waals surface area contributed by atoms with Gasteiger partial charge in [-0.1, -0.05) is 80.0 Å². The van der Waals surface area contributed by atoms with Crippen LogP contribution < -0.4 is 9.62 Å². The molecule has 0 radical (unpaired) electrons. The first kappa shape index (κ1) is 28.5. The van der Waals surface area contributed by atoms with Crippen molar-refractivity contribution in [3.8, 4) is 0 Å². The number of hydrogen-bond acceptors (Lipinski definition) is 4. The summed E-state index contributed by atoms with van der Waals surface area (Å²) in [6.07, 6.45) is 2.17. The standard InChI is InChI=1S/C28H34ClN3O4S/c1-5-20(3)30-28(34)25(6-2)31(18-22-13-8-10-16-24(22)29)27(33)19-32(37(4,35)36)26-17-11-14-21-12-7-9-15-23(21)26/h7-17,20,25H,5-6,18-19H2,1-4H3,(H,30,34)/t20-,25+/m0/s1. The lowest BCUT2D eigenvalue weighted by Crippen LogP contribution is -2.53. The maximum absolute atomic E-state index is 13.9. The molecule has 3 aromatic rings. The van der Waals surface area contributed by atoms with Gasteiger partial charge in [0.05, 0.1) is 11.9 Å². The maximum Gasteiger partial charge on any atom is 0.244 e. The summed E-state index contributed by atoms with van der Waals surface area (Å²) >= 11 is 6.40. The highest BCUT2D eigenvalue weighted by atomic mass is 35.5. The van der Waals surface area contributed by atoms with Crippen LogP contribution in [0.1, 0.15) is 39.2 Å². The summed E-state index contributed by atoms with van der Waals surface area (Å²) in [5, 5.41) is 4.99. The Kier molecular flexibility index (Phi) is 9.56. The van der Waals surface area contributed by atoms with Gasteiger partial charge in [-0.05, 0) is 42.8 Å². The highest BCUT2D eigenvalue weighted by molar-refractivity contribution is 7.92. The Bertz CT molecular complexity index is 1360. The van der Waals surface area contributed by atoms with Crippen molar-refractivity contribution < 1.29 is 18.0 Å². The molecule has 0 saturated heterocycles. The fourth-order valence-electron chi connectivity index (χ4n) is 4.19. The van der Waals surface area contributed by atoms with Gasteiger partial charge >= 0.3 is 0 Å². The third-order valence-corrected chi connectivity index (χ3v) is 7.90. The molecule has 198 valence electrons. The summed E-state index contributed by atoms with van der Waals surface area (Å²) in [5.41, 5.74) is 1.08. The van der Waals surface area contributed by atoms with Gasteiger partial charge in [0.15, 0.2) is 0 Å². The lowest BCUT2D eigenvalue weighted by atomic mass is 10.1. The SMILES string of the molecule is CC[C@H](C(=O)N[C@@H](C)CC)N(Cc1ccccc1Cl)C(=O)CN(c1cccc2ccccc12)S(C)(=O)=O. The molecule has 3 rings (SSSR count). The molecule has 37 heavy (non-hydrogen) atoms. The molecule has 0 aliphatic carbocycles. The molecular weight excluding hydrogens is 510 g/mol. The van der Waals surface area contributed by atoms with Crippen LogP contribution in [0.5, 0.6) is 0 Å². The quantitative estimate of drug-likeness (QED) is 0.369. The summed E-state index contributed by atoms with van der Waals surface area (Å²) in [6, 6.07) is 19.0. The molecule has 7 nitrogen and oxygen atoms in total. The Morgan fingerprint density at radius 1 is 0.946 bits per heavy atom. The van der Waals surface area contributed by atoms with Crippen molar-refractivity contribution in [1.82, 2.24) is 10.2 Å². The molecule has 0 heterocycles. The Balaban J connectivity index is 2.03. The smallest absolute Gasteiger partial charge is 0.244 e. The number of rotatable bonds is 11. The van der Waals surface area contributed by atoms with E-state index in [2.05, 4.69) is 5.32 Å². The van der Waals surface area contributed by atoms with E-state index in [1.54, 1.807) is 30.3 Å². The number of halogens is 1. The minimum absolute atomic E-state index is 0.0675. The van der Waals surface area contributed by atoms with Crippen LogP contribution >= 0.6 is 11.6 Å². The molecule has 0 aliphatic heterocycles. The molecule has 0 unspecified atom stereocenters. The van der Waals surface area contributed by atoms with E-state index in [1.807, 2.05) is 57.2 Å². The van der Waals surface area contributed by atoms with Gasteiger partial charge in [-0.3, -0.25) is 13.9 Å². The van der Waals surface area contributed by atoms with Crippen LogP contribution in [0, 0.1) is 0 Å². The molecule has 0 spiro atoms. The Hall–Kier alpha value is -3.10. The van der Waals surface area contributed by atoms with Gasteiger partial charge in [-0.15, -0.1) is 0 Å². The number of sulfonamides is 1. The second-order valence-electron chi connectivity index (χ2n) is 9.12. The number of nitrogens with one attached hydrogen (secondary N) is 1. The predicted molar refractivity (Wildman–Crippen MR) is 150 cm³/mol. The molecule has 3 aromatic carbocycles. The number of amides is 2. The number of benzene rings is 3. The molecule has 2 amide bonds. The molecule has 0 bridgehead atoms. The molecule has 0 fully saturated rings. The number of anilines is 1. The third-order valence-electron chi connectivity index (χ3n) is 6.40. The largest absolute Gasteiger partial charge is 0.352 e. The lowest BCUT2D eigenvalue weighted by molar-refractivity contribution is -0.140. The first-order chi connectivity index (χ1) is 17.6. The minimum Gasteiger partial charge on any atom is -0.352 e. The van der Waals surface area contributed by atoms with Crippen molar-refractivity contribution in [2.75, 3.05) is 17.1 Å². The van der Waals surface area contributed by atoms with Crippen LogP contribution in [0.25, 0.3) is 10.8 Å². The zero-order valence-corrected chi connectivity index (χ0v) is 23.2. The van der Waals surface area contributed by atoms with E-state index in [0.29, 0.717) is 28.1 Å². The fraction of sp³-hybridized carbons (Fsp3) is 0.357. The van der Waals surface area contributed by atoms with Crippen LogP contribution in [0.15, 0.2) is 66.7 Å². The molecule has 2 atom stereocenters. The zero-order valence-electron chi connectivity index (χ0n) is 21.6. The van der Waals surface area contributed by atoms with Crippen LogP contribution in [-0.4, -0.2) is 50.0 Å². The Labute approximate surface area is 224 Å². The zero-order chi connectivity index (χ0) is 27.2. The van der Waals surface area contributed by atoms with E-state index in [0.717, 1.165) is 22.4 Å². The second kappa shape index (κ2) is 12.4. The van der Waals surface area contributed by atoms with E-state index >= 15 is 0 Å². The monoisotopic (exact) mass is 543 g/mol. The molecule has 1 N–H and O–H groups in total. The van der Waals surface area contributed by atoms with Gasteiger partial charge < -0.3 is 10.2 Å². The van der Waals surface area contributed by atoms with Crippen molar-refractivity contribution in [3.05, 3.63) is 77.3 Å². The van der Waals surface area contributed by atoms with Crippen molar-refractivity contribution in [2.24, 2.45) is 0 Å². The molecule has 0 saturated carbocycles. The number of carbonyl (C=O) groups is 2. The normalized spacial score (nSPS) is 13.1. The van der Waals surface area contributed by atoms with Gasteiger partial charge in [0.1, 0.15) is 12.6 Å². The van der Waals surface area contributed by atoms with Crippen molar-refractivity contribution in [3.63, 3.8) is 0 Å². The van der Waals surface area contributed by atoms with Crippen molar-refractivity contribution in [2.45, 2.75) is 52.2 Å². The van der Waals surface area contributed by atoms with Crippen LogP contribution in [-0.2, 0) is 26.2 Å². The summed E-state index contributed by atoms with van der Waals surface area (Å²) in [6.45, 7) is 5.30. The van der Waals surface area contributed by atoms with E-state index in [1.165, 1.54) is 4.90 Å². The topological polar surface area (TPSA) is 86.8 Å². The van der Waals surface area contributed by atoms with E-state index in [4.69, 9.17) is 11.6 Å². The number of hydrogen-bond donors (Lipinski definition) is 1. The van der Waals surface area contributed by atoms with Crippen LogP contribution in [0.2, 0.25) is 5.02 Å². The maximum atomic E-state index is 13.9. The van der Waals surface area contributed by atoms with E-state index in [9.17, 15) is 18.0 Å². The summed E-state index contributed by atoms with van der Waals surface area (Å²) in [4.78, 5) is 28.5. The Morgan fingerprint density at radius 3 is 2.24 bits per heavy atom. The number of carbonyl (C=O) groups excluding carboxylic acids is 2. The summed E-state index contributed by atoms with van der Waals surface area (Å²) in [7, 11) is -3.84. The fourth-order valence-corrected chi connectivity index (χ4v) is 5.25. The number of fused-ring (bicyclic) bond motifs is 1. The third kappa shape index (κ3) is 7.02. The number of nitrogens with zero attached hydrogens (tertiary/aromatic N) is 2. The van der Waals surface area contributed by atoms with Crippen molar-refractivity contribution >= 4 is 49.9 Å². The van der Waals surface area contributed by atoms with Crippen LogP contribution in [0.4, 0.5) is 5.69 Å². The van der Waals surface area contributed by atoms with Crippen LogP contribution in [0.3, 0.4) is 0 Å². The second-order valence-corrected chi connectivity index (χ2v) is 11.4. The molecule has 0 aliphatic rings. The average molecular weight is 544 g/mol. The first-order valence-corrected chi connectivity index (χ1v) is 14.6. The van der Waals surface area contributed by atoms with Crippen molar-refractivity contribution in [1.29, 1.82) is 0 Å². The minimum atomic E-state index is -3.84. The highest BCUT2D eigenvalue weighted by Gasteiger charge is 2.32. The summed E-state index contributed by atoms with van der Waals surface area (Å²) < 4.78 is 27.0. The molecular formula is C28H34ClN3O4S. The predicted octanol–water partition coefficient (Wildman–Crippen LogP) is 4.98. The summed E-state index contributed by atoms with van der Waals surface area (Å²) in [5.74, 6) is -0.780. The van der Waals surface area contributed by atoms with Gasteiger partial charge in [-0.2, -0.15) is 0 Å². The van der Waals surface area contributed by atoms with E-state index in [-0.39, 0.29) is 18.5 Å². The Morgan fingerprint density at radius 2 is 1.59 bits per heavy atom.